The summed E-state index contributed by atoms with van der Waals surface area (Å²) in [6.07, 6.45) is 2.58. The van der Waals surface area contributed by atoms with Gasteiger partial charge < -0.3 is 20.5 Å². The first kappa shape index (κ1) is 26.5. The first-order valence-corrected chi connectivity index (χ1v) is 10.8. The number of β-amino-alcohol motifs (C(OH)–C–C–N with tert-alkyl or cyclic N) is 1. The number of ether oxygens (including phenoxy) is 1. The van der Waals surface area contributed by atoms with Gasteiger partial charge in [0.25, 0.3) is 0 Å². The molecule has 1 atom stereocenters. The molecule has 3 N–H and O–H groups in total. The average molecular weight is 560 g/mol. The van der Waals surface area contributed by atoms with E-state index in [4.69, 9.17) is 4.74 Å². The molecule has 1 fully saturated rings. The maximum Gasteiger partial charge on any atom is 0.191 e. The number of aliphatic hydroxyl groups is 1. The Balaban J connectivity index is 0.00000363. The van der Waals surface area contributed by atoms with Gasteiger partial charge in [0.1, 0.15) is 5.82 Å². The lowest BCUT2D eigenvalue weighted by atomic mass is 10.1. The number of guanidine groups is 1. The minimum atomic E-state index is -0.909. The minimum absolute atomic E-state index is 0. The zero-order valence-corrected chi connectivity index (χ0v) is 21.1. The van der Waals surface area contributed by atoms with Gasteiger partial charge in [0.15, 0.2) is 5.96 Å². The third-order valence-electron chi connectivity index (χ3n) is 5.00. The zero-order chi connectivity index (χ0) is 22.1. The van der Waals surface area contributed by atoms with Crippen molar-refractivity contribution in [3.05, 3.63) is 48.0 Å². The van der Waals surface area contributed by atoms with Gasteiger partial charge in [0.2, 0.25) is 0 Å². The number of hydrogen-bond donors (Lipinski definition) is 3. The fourth-order valence-electron chi connectivity index (χ4n) is 3.42. The molecule has 0 amide bonds. The van der Waals surface area contributed by atoms with Crippen molar-refractivity contribution in [2.45, 2.75) is 25.9 Å². The van der Waals surface area contributed by atoms with Gasteiger partial charge in [-0.25, -0.2) is 9.07 Å². The van der Waals surface area contributed by atoms with E-state index in [1.807, 2.05) is 26.1 Å². The van der Waals surface area contributed by atoms with E-state index >= 15 is 0 Å². The van der Waals surface area contributed by atoms with E-state index in [2.05, 4.69) is 25.6 Å². The predicted octanol–water partition coefficient (Wildman–Crippen LogP) is 1.81. The lowest BCUT2D eigenvalue weighted by molar-refractivity contribution is -0.0179. The van der Waals surface area contributed by atoms with Gasteiger partial charge in [0.05, 0.1) is 36.7 Å². The number of benzene rings is 1. The molecule has 1 saturated heterocycles. The summed E-state index contributed by atoms with van der Waals surface area (Å²) in [6, 6.07) is 8.19. The van der Waals surface area contributed by atoms with E-state index in [0.717, 1.165) is 31.0 Å². The number of hydrogen-bond acceptors (Lipinski definition) is 5. The van der Waals surface area contributed by atoms with Crippen molar-refractivity contribution < 1.29 is 14.2 Å². The Morgan fingerprint density at radius 3 is 2.62 bits per heavy atom. The number of halogens is 2. The summed E-state index contributed by atoms with van der Waals surface area (Å²) in [4.78, 5) is 6.77. The molecule has 32 heavy (non-hydrogen) atoms. The van der Waals surface area contributed by atoms with Crippen LogP contribution in [-0.4, -0.2) is 83.8 Å². The van der Waals surface area contributed by atoms with Gasteiger partial charge in [0, 0.05) is 45.3 Å². The van der Waals surface area contributed by atoms with Crippen LogP contribution in [0.2, 0.25) is 0 Å². The largest absolute Gasteiger partial charge is 0.387 e. The standard InChI is InChI=1S/C22H33FN6O2.HI/c1-3-24-21(26-16-22(2,30)17-28-12-14-31-15-13-28)25-10-8-19-9-11-29(27-19)20-6-4-18(23)5-7-20;/h4-7,9,11,30H,3,8,10,12-17H2,1-2H3,(H2,24,25,26);1H. The highest BCUT2D eigenvalue weighted by Crippen LogP contribution is 2.10. The summed E-state index contributed by atoms with van der Waals surface area (Å²) in [7, 11) is 0. The van der Waals surface area contributed by atoms with Crippen molar-refractivity contribution in [1.29, 1.82) is 0 Å². The Kier molecular flexibility index (Phi) is 10.8. The topological polar surface area (TPSA) is 86.9 Å². The monoisotopic (exact) mass is 560 g/mol. The number of morpholine rings is 1. The molecule has 2 aromatic rings. The zero-order valence-electron chi connectivity index (χ0n) is 18.8. The molecular formula is C22H34FIN6O2. The molecule has 0 spiro atoms. The van der Waals surface area contributed by atoms with Crippen LogP contribution in [0, 0.1) is 5.82 Å². The summed E-state index contributed by atoms with van der Waals surface area (Å²) in [5.41, 5.74) is 0.832. The van der Waals surface area contributed by atoms with Gasteiger partial charge in [-0.05, 0) is 44.2 Å². The van der Waals surface area contributed by atoms with Gasteiger partial charge in [-0.2, -0.15) is 5.10 Å². The number of nitrogens with zero attached hydrogens (tertiary/aromatic N) is 4. The van der Waals surface area contributed by atoms with E-state index in [-0.39, 0.29) is 29.8 Å². The average Bonchev–Trinajstić information content (AvgIpc) is 3.22. The van der Waals surface area contributed by atoms with Gasteiger partial charge in [-0.3, -0.25) is 9.89 Å². The molecule has 10 heteroatoms. The highest BCUT2D eigenvalue weighted by Gasteiger charge is 2.25. The van der Waals surface area contributed by atoms with E-state index in [9.17, 15) is 9.50 Å². The van der Waals surface area contributed by atoms with Crippen molar-refractivity contribution in [1.82, 2.24) is 25.3 Å². The molecule has 1 aromatic heterocycles. The van der Waals surface area contributed by atoms with Crippen molar-refractivity contribution in [3.8, 4) is 5.69 Å². The highest BCUT2D eigenvalue weighted by molar-refractivity contribution is 14.0. The van der Waals surface area contributed by atoms with E-state index < -0.39 is 5.60 Å². The van der Waals surface area contributed by atoms with E-state index in [1.54, 1.807) is 16.8 Å². The fourth-order valence-corrected chi connectivity index (χ4v) is 3.42. The second kappa shape index (κ2) is 13.1. The summed E-state index contributed by atoms with van der Waals surface area (Å²) in [6.45, 7) is 9.17. The van der Waals surface area contributed by atoms with Crippen LogP contribution in [-0.2, 0) is 11.2 Å². The van der Waals surface area contributed by atoms with Crippen molar-refractivity contribution in [2.75, 3.05) is 52.5 Å². The molecule has 1 aliphatic rings. The normalized spacial score (nSPS) is 16.8. The van der Waals surface area contributed by atoms with Crippen LogP contribution in [0.25, 0.3) is 5.69 Å². The lowest BCUT2D eigenvalue weighted by Crippen LogP contribution is -2.48. The Morgan fingerprint density at radius 2 is 1.94 bits per heavy atom. The van der Waals surface area contributed by atoms with E-state index in [1.165, 1.54) is 12.1 Å². The maximum absolute atomic E-state index is 13.1. The lowest BCUT2D eigenvalue weighted by Gasteiger charge is -2.33. The van der Waals surface area contributed by atoms with Gasteiger partial charge in [-0.1, -0.05) is 0 Å². The molecule has 0 radical (unpaired) electrons. The molecular weight excluding hydrogens is 526 g/mol. The van der Waals surface area contributed by atoms with Crippen LogP contribution >= 0.6 is 24.0 Å². The molecule has 3 rings (SSSR count). The second-order valence-corrected chi connectivity index (χ2v) is 7.99. The first-order chi connectivity index (χ1) is 14.9. The smallest absolute Gasteiger partial charge is 0.191 e. The van der Waals surface area contributed by atoms with E-state index in [0.29, 0.717) is 45.2 Å². The molecule has 2 heterocycles. The van der Waals surface area contributed by atoms with Gasteiger partial charge >= 0.3 is 0 Å². The number of aliphatic imine (C=N–C) groups is 1. The molecule has 1 aromatic carbocycles. The van der Waals surface area contributed by atoms with Crippen LogP contribution in [0.15, 0.2) is 41.5 Å². The summed E-state index contributed by atoms with van der Waals surface area (Å²) < 4.78 is 20.2. The number of aromatic nitrogens is 2. The van der Waals surface area contributed by atoms with Crippen molar-refractivity contribution >= 4 is 29.9 Å². The predicted molar refractivity (Wildman–Crippen MR) is 135 cm³/mol. The molecule has 8 nitrogen and oxygen atoms in total. The number of nitrogens with one attached hydrogen (secondary N) is 2. The van der Waals surface area contributed by atoms with Crippen molar-refractivity contribution in [3.63, 3.8) is 0 Å². The fraction of sp³-hybridized carbons (Fsp3) is 0.545. The Morgan fingerprint density at radius 1 is 1.22 bits per heavy atom. The molecule has 0 bridgehead atoms. The highest BCUT2D eigenvalue weighted by atomic mass is 127. The Bertz CT molecular complexity index is 837. The third kappa shape index (κ3) is 8.64. The van der Waals surface area contributed by atoms with Crippen LogP contribution in [0.3, 0.4) is 0 Å². The van der Waals surface area contributed by atoms with Crippen LogP contribution in [0.1, 0.15) is 19.5 Å². The summed E-state index contributed by atoms with van der Waals surface area (Å²) >= 11 is 0. The van der Waals surface area contributed by atoms with Gasteiger partial charge in [-0.15, -0.1) is 24.0 Å². The number of rotatable bonds is 9. The quantitative estimate of drug-likeness (QED) is 0.247. The molecule has 1 unspecified atom stereocenters. The van der Waals surface area contributed by atoms with Crippen LogP contribution in [0.5, 0.6) is 0 Å². The molecule has 1 aliphatic heterocycles. The molecule has 178 valence electrons. The minimum Gasteiger partial charge on any atom is -0.387 e. The second-order valence-electron chi connectivity index (χ2n) is 7.99. The molecule has 0 aliphatic carbocycles. The Labute approximate surface area is 206 Å². The summed E-state index contributed by atoms with van der Waals surface area (Å²) in [5, 5.41) is 21.8. The first-order valence-electron chi connectivity index (χ1n) is 10.8. The van der Waals surface area contributed by atoms with Crippen LogP contribution in [0.4, 0.5) is 4.39 Å². The maximum atomic E-state index is 13.1. The third-order valence-corrected chi connectivity index (χ3v) is 5.00. The SMILES string of the molecule is CCNC(=NCC(C)(O)CN1CCOCC1)NCCc1ccn(-c2ccc(F)cc2)n1.I. The molecule has 0 saturated carbocycles. The summed E-state index contributed by atoms with van der Waals surface area (Å²) in [5.74, 6) is 0.405. The Hall–Kier alpha value is -1.76. The van der Waals surface area contributed by atoms with Crippen LogP contribution < -0.4 is 10.6 Å². The van der Waals surface area contributed by atoms with Crippen molar-refractivity contribution in [2.24, 2.45) is 4.99 Å².